The number of thiazole rings is 1. The Labute approximate surface area is 271 Å². The Balaban J connectivity index is 1.39. The van der Waals surface area contributed by atoms with E-state index in [9.17, 15) is 34.3 Å². The van der Waals surface area contributed by atoms with Crippen LogP contribution in [0.25, 0.3) is 0 Å². The van der Waals surface area contributed by atoms with E-state index in [4.69, 9.17) is 22.4 Å². The summed E-state index contributed by atoms with van der Waals surface area (Å²) in [4.78, 5) is 71.1. The predicted octanol–water partition coefficient (Wildman–Crippen LogP) is 1.01. The van der Waals surface area contributed by atoms with Crippen molar-refractivity contribution in [1.29, 1.82) is 0 Å². The number of carboxylic acids is 2. The van der Waals surface area contributed by atoms with Gasteiger partial charge in [0.2, 0.25) is 5.91 Å². The number of thioether (sulfide) groups is 3. The van der Waals surface area contributed by atoms with E-state index in [1.807, 2.05) is 0 Å². The zero-order chi connectivity index (χ0) is 32.0. The van der Waals surface area contributed by atoms with Gasteiger partial charge in [0.1, 0.15) is 27.1 Å². The van der Waals surface area contributed by atoms with E-state index in [0.717, 1.165) is 26.7 Å². The summed E-state index contributed by atoms with van der Waals surface area (Å²) in [6.45, 7) is 0.267. The molecule has 4 heterocycles. The number of carbonyl (C=O) groups is 5. The summed E-state index contributed by atoms with van der Waals surface area (Å²) in [7, 11) is 0. The Morgan fingerprint density at radius 3 is 2.73 bits per heavy atom. The highest BCUT2D eigenvalue weighted by Gasteiger charge is 2.54. The van der Waals surface area contributed by atoms with E-state index in [2.05, 4.69) is 25.8 Å². The molecule has 44 heavy (non-hydrogen) atoms. The third-order valence-corrected chi connectivity index (χ3v) is 10.8. The summed E-state index contributed by atoms with van der Waals surface area (Å²) in [5, 5.41) is 35.5. The first kappa shape index (κ1) is 33.5. The average Bonchev–Trinajstić information content (AvgIpc) is 3.41. The summed E-state index contributed by atoms with van der Waals surface area (Å²) in [6, 6.07) is -0.464. The molecular formula is C24H24ClN7O8S4. The van der Waals surface area contributed by atoms with Crippen molar-refractivity contribution in [1.82, 2.24) is 25.5 Å². The van der Waals surface area contributed by atoms with Gasteiger partial charge in [-0.1, -0.05) is 28.5 Å². The van der Waals surface area contributed by atoms with Gasteiger partial charge in [-0.2, -0.15) is 11.8 Å². The fourth-order valence-electron chi connectivity index (χ4n) is 4.06. The van der Waals surface area contributed by atoms with Crippen molar-refractivity contribution in [3.05, 3.63) is 50.2 Å². The average molecular weight is 702 g/mol. The molecule has 3 atom stereocenters. The lowest BCUT2D eigenvalue weighted by molar-refractivity contribution is -0.150. The Morgan fingerprint density at radius 2 is 2.07 bits per heavy atom. The number of nitrogens with zero attached hydrogens (tertiary/aromatic N) is 4. The van der Waals surface area contributed by atoms with Crippen molar-refractivity contribution < 1.29 is 39.4 Å². The van der Waals surface area contributed by atoms with Crippen LogP contribution in [0.5, 0.6) is 0 Å². The third-order valence-electron chi connectivity index (χ3n) is 6.11. The molecule has 2 aromatic rings. The molecule has 4 rings (SSSR count). The van der Waals surface area contributed by atoms with Crippen LogP contribution in [0.2, 0.25) is 4.34 Å². The Hall–Kier alpha value is -3.36. The van der Waals surface area contributed by atoms with Crippen LogP contribution in [-0.2, 0) is 29.7 Å². The Bertz CT molecular complexity index is 1540. The molecule has 1 saturated heterocycles. The maximum Gasteiger partial charge on any atom is 0.353 e. The largest absolute Gasteiger partial charge is 0.481 e. The van der Waals surface area contributed by atoms with Crippen molar-refractivity contribution in [2.45, 2.75) is 34.5 Å². The van der Waals surface area contributed by atoms with E-state index in [0.29, 0.717) is 16.4 Å². The summed E-state index contributed by atoms with van der Waals surface area (Å²) < 4.78 is 0.123. The van der Waals surface area contributed by atoms with Gasteiger partial charge < -0.3 is 31.8 Å². The quantitative estimate of drug-likeness (QED) is 0.0530. The van der Waals surface area contributed by atoms with Crippen molar-refractivity contribution in [2.24, 2.45) is 10.9 Å². The minimum absolute atomic E-state index is 0.0441. The maximum atomic E-state index is 13.1. The number of hydrogen-bond acceptors (Lipinski definition) is 14. The van der Waals surface area contributed by atoms with Gasteiger partial charge in [0, 0.05) is 46.0 Å². The van der Waals surface area contributed by atoms with Gasteiger partial charge in [0.15, 0.2) is 5.71 Å². The van der Waals surface area contributed by atoms with Crippen LogP contribution in [0, 0.1) is 0 Å². The molecule has 2 aliphatic rings. The molecule has 234 valence electrons. The highest BCUT2D eigenvalue weighted by atomic mass is 35.5. The minimum atomic E-state index is -1.30. The Kier molecular flexibility index (Phi) is 11.5. The van der Waals surface area contributed by atoms with Crippen LogP contribution in [0.4, 0.5) is 0 Å². The standard InChI is InChI=1S/C24H24ClN7O8S4/c25-19-15(29-9-43-19)16(31-40)21(36)30-17-22(37)32-18(24(38)39)13(8-42-23(17)32)44-12-1-2-27-6-10(12)7-41-4-3-28-20(35)11(26)5-14(33)34/h1-2,6,9,11,17,23,40H,3-5,7-8,26H2,(H,28,35)(H,30,36)(H,33,34)(H,38,39)/b31-16-/t11-,17?,23?/m0/s1. The number of β-lactam (4-membered cyclic amide) rings is 1. The van der Waals surface area contributed by atoms with Crippen LogP contribution >= 0.6 is 58.2 Å². The first-order valence-electron chi connectivity index (χ1n) is 12.5. The normalized spacial score (nSPS) is 18.7. The number of nitrogens with one attached hydrogen (secondary N) is 2. The van der Waals surface area contributed by atoms with Crippen LogP contribution < -0.4 is 16.4 Å². The molecule has 0 radical (unpaired) electrons. The highest BCUT2D eigenvalue weighted by Crippen LogP contribution is 2.45. The summed E-state index contributed by atoms with van der Waals surface area (Å²) in [5.74, 6) is -3.33. The molecule has 2 aliphatic heterocycles. The monoisotopic (exact) mass is 701 g/mol. The molecule has 7 N–H and O–H groups in total. The molecule has 2 unspecified atom stereocenters. The van der Waals surface area contributed by atoms with Crippen molar-refractivity contribution in [3.8, 4) is 0 Å². The molecule has 1 fully saturated rings. The molecule has 0 spiro atoms. The Morgan fingerprint density at radius 1 is 1.30 bits per heavy atom. The van der Waals surface area contributed by atoms with Gasteiger partial charge in [-0.25, -0.2) is 9.78 Å². The molecule has 2 aromatic heterocycles. The van der Waals surface area contributed by atoms with Crippen LogP contribution in [0.1, 0.15) is 17.7 Å². The van der Waals surface area contributed by atoms with E-state index in [1.54, 1.807) is 18.5 Å². The molecule has 15 nitrogen and oxygen atoms in total. The first-order valence-corrected chi connectivity index (χ1v) is 16.8. The van der Waals surface area contributed by atoms with Gasteiger partial charge >= 0.3 is 11.9 Å². The number of amides is 3. The molecule has 0 aromatic carbocycles. The number of nitrogens with two attached hydrogens (primary N) is 1. The molecule has 0 saturated carbocycles. The number of pyridine rings is 1. The second-order valence-corrected chi connectivity index (χ2v) is 13.8. The maximum absolute atomic E-state index is 13.1. The SMILES string of the molecule is N[C@@H](CC(=O)O)C(=O)NCCSCc1cnccc1SC1=C(C(=O)O)N2C(=O)C(NC(=O)/C(=N\O)c3ncsc3Cl)C2SC1. The van der Waals surface area contributed by atoms with Crippen molar-refractivity contribution >= 4 is 93.6 Å². The number of aromatic nitrogens is 2. The van der Waals surface area contributed by atoms with Gasteiger partial charge in [-0.3, -0.25) is 29.1 Å². The first-order chi connectivity index (χ1) is 21.0. The lowest BCUT2D eigenvalue weighted by atomic mass is 10.0. The fraction of sp³-hybridized carbons (Fsp3) is 0.333. The smallest absolute Gasteiger partial charge is 0.353 e. The van der Waals surface area contributed by atoms with E-state index < -0.39 is 59.3 Å². The number of aliphatic carboxylic acids is 2. The number of halogens is 1. The zero-order valence-corrected chi connectivity index (χ0v) is 26.4. The molecule has 20 heteroatoms. The zero-order valence-electron chi connectivity index (χ0n) is 22.3. The number of rotatable bonds is 14. The summed E-state index contributed by atoms with van der Waals surface area (Å²) in [5.41, 5.74) is 7.00. The van der Waals surface area contributed by atoms with Crippen LogP contribution in [0.15, 0.2) is 44.6 Å². The topological polar surface area (TPSA) is 238 Å². The molecule has 3 amide bonds. The number of hydrogen-bond donors (Lipinski definition) is 6. The van der Waals surface area contributed by atoms with Crippen molar-refractivity contribution in [2.75, 3.05) is 18.1 Å². The third kappa shape index (κ3) is 7.64. The fourth-order valence-corrected chi connectivity index (χ4v) is 8.33. The molecular weight excluding hydrogens is 678 g/mol. The predicted molar refractivity (Wildman–Crippen MR) is 165 cm³/mol. The molecule has 0 bridgehead atoms. The summed E-state index contributed by atoms with van der Waals surface area (Å²) in [6.07, 6.45) is 2.74. The lowest BCUT2D eigenvalue weighted by Crippen LogP contribution is -2.71. The minimum Gasteiger partial charge on any atom is -0.481 e. The number of oxime groups is 1. The second kappa shape index (κ2) is 15.1. The second-order valence-electron chi connectivity index (χ2n) is 8.99. The highest BCUT2D eigenvalue weighted by molar-refractivity contribution is 8.06. The number of carbonyl (C=O) groups excluding carboxylic acids is 3. The molecule has 0 aliphatic carbocycles. The lowest BCUT2D eigenvalue weighted by Gasteiger charge is -2.49. The summed E-state index contributed by atoms with van der Waals surface area (Å²) >= 11 is 11.0. The van der Waals surface area contributed by atoms with Crippen LogP contribution in [-0.4, -0.2) is 101 Å². The van der Waals surface area contributed by atoms with Gasteiger partial charge in [-0.05, 0) is 11.6 Å². The number of fused-ring (bicyclic) bond motifs is 1. The van der Waals surface area contributed by atoms with E-state index in [-0.39, 0.29) is 28.0 Å². The van der Waals surface area contributed by atoms with Crippen LogP contribution in [0.3, 0.4) is 0 Å². The van der Waals surface area contributed by atoms with Gasteiger partial charge in [-0.15, -0.1) is 23.1 Å². The van der Waals surface area contributed by atoms with E-state index >= 15 is 0 Å². The van der Waals surface area contributed by atoms with Crippen molar-refractivity contribution in [3.63, 3.8) is 0 Å². The number of carboxylic acid groups (broad SMARTS) is 2. The van der Waals surface area contributed by atoms with Gasteiger partial charge in [0.25, 0.3) is 11.8 Å². The van der Waals surface area contributed by atoms with Gasteiger partial charge in [0.05, 0.1) is 18.0 Å². The van der Waals surface area contributed by atoms with E-state index in [1.165, 1.54) is 40.8 Å².